The predicted molar refractivity (Wildman–Crippen MR) is 208 cm³/mol. The van der Waals surface area contributed by atoms with Crippen LogP contribution in [0.5, 0.6) is 0 Å². The molecule has 2 atom stereocenters. The molecule has 13 nitrogen and oxygen atoms in total. The van der Waals surface area contributed by atoms with E-state index in [4.69, 9.17) is 26.5 Å². The molecule has 1 heterocycles. The largest absolute Gasteiger partial charge is 0.444 e. The number of rotatable bonds is 15. The lowest BCUT2D eigenvalue weighted by Crippen LogP contribution is -2.51. The number of aromatic nitrogens is 2. The molecule has 4 N–H and O–H groups in total. The Morgan fingerprint density at radius 2 is 1.74 bits per heavy atom. The molecule has 2 aromatic carbocycles. The number of halogens is 2. The zero-order valence-electron chi connectivity index (χ0n) is 32.7. The van der Waals surface area contributed by atoms with Crippen molar-refractivity contribution in [1.82, 2.24) is 24.9 Å². The lowest BCUT2D eigenvalue weighted by molar-refractivity contribution is -0.139. The Labute approximate surface area is 317 Å². The Morgan fingerprint density at radius 1 is 1.08 bits per heavy atom. The molecule has 0 aliphatic carbocycles. The van der Waals surface area contributed by atoms with E-state index >= 15 is 4.39 Å². The number of hydrogen-bond acceptors (Lipinski definition) is 8. The quantitative estimate of drug-likeness (QED) is 0.151. The van der Waals surface area contributed by atoms with E-state index in [9.17, 15) is 19.2 Å². The van der Waals surface area contributed by atoms with E-state index in [-0.39, 0.29) is 41.0 Å². The van der Waals surface area contributed by atoms with Crippen LogP contribution in [0, 0.1) is 5.82 Å². The van der Waals surface area contributed by atoms with Crippen LogP contribution < -0.4 is 16.4 Å². The Hall–Kier alpha value is -4.05. The van der Waals surface area contributed by atoms with Crippen LogP contribution in [0.2, 0.25) is 23.2 Å². The van der Waals surface area contributed by atoms with Crippen LogP contribution in [0.1, 0.15) is 77.0 Å². The van der Waals surface area contributed by atoms with Gasteiger partial charge in [-0.15, -0.1) is 0 Å². The van der Waals surface area contributed by atoms with Gasteiger partial charge >= 0.3 is 6.09 Å². The normalized spacial score (nSPS) is 13.5. The maximum absolute atomic E-state index is 15.2. The summed E-state index contributed by atoms with van der Waals surface area (Å²) in [5.41, 5.74) is 5.81. The van der Waals surface area contributed by atoms with Crippen molar-refractivity contribution >= 4 is 60.3 Å². The van der Waals surface area contributed by atoms with E-state index in [1.54, 1.807) is 52.0 Å². The average Bonchev–Trinajstić information content (AvgIpc) is 3.38. The van der Waals surface area contributed by atoms with Crippen molar-refractivity contribution in [3.63, 3.8) is 0 Å². The number of nitrogens with zero attached hydrogens (tertiary/aromatic N) is 4. The molecule has 53 heavy (non-hydrogen) atoms. The first kappa shape index (κ1) is 43.4. The molecule has 4 amide bonds. The lowest BCUT2D eigenvalue weighted by Gasteiger charge is -2.38. The van der Waals surface area contributed by atoms with Crippen LogP contribution in [0.15, 0.2) is 36.4 Å². The zero-order chi connectivity index (χ0) is 40.1. The number of benzene rings is 2. The molecule has 0 bridgehead atoms. The number of fused-ring (bicyclic) bond motifs is 1. The molecule has 0 unspecified atom stereocenters. The van der Waals surface area contributed by atoms with E-state index in [0.717, 1.165) is 0 Å². The average molecular weight is 776 g/mol. The van der Waals surface area contributed by atoms with Crippen molar-refractivity contribution in [2.45, 2.75) is 97.2 Å². The highest BCUT2D eigenvalue weighted by Gasteiger charge is 2.38. The Morgan fingerprint density at radius 3 is 2.32 bits per heavy atom. The van der Waals surface area contributed by atoms with Crippen molar-refractivity contribution < 1.29 is 32.7 Å². The summed E-state index contributed by atoms with van der Waals surface area (Å²) in [7, 11) is 1.50. The van der Waals surface area contributed by atoms with Crippen LogP contribution in [0.3, 0.4) is 0 Å². The highest BCUT2D eigenvalue weighted by Crippen LogP contribution is 2.36. The number of anilines is 1. The number of amides is 4. The van der Waals surface area contributed by atoms with Crippen LogP contribution in [-0.4, -0.2) is 97.1 Å². The first-order valence-electron chi connectivity index (χ1n) is 17.5. The summed E-state index contributed by atoms with van der Waals surface area (Å²) >= 11 is 6.10. The molecule has 0 saturated heterocycles. The number of carbonyl (C=O) groups is 4. The second-order valence-corrected chi connectivity index (χ2v) is 21.2. The maximum Gasteiger partial charge on any atom is 0.412 e. The predicted octanol–water partition coefficient (Wildman–Crippen LogP) is 6.32. The third-order valence-corrected chi connectivity index (χ3v) is 13.9. The van der Waals surface area contributed by atoms with E-state index in [1.165, 1.54) is 21.7 Å². The number of hydrogen-bond donors (Lipinski definition) is 3. The molecular weight excluding hydrogens is 721 g/mol. The van der Waals surface area contributed by atoms with Crippen molar-refractivity contribution in [3.05, 3.63) is 58.5 Å². The summed E-state index contributed by atoms with van der Waals surface area (Å²) in [5, 5.41) is 10.1. The van der Waals surface area contributed by atoms with Gasteiger partial charge in [0.1, 0.15) is 18.0 Å². The SMILES string of the molecule is C[C@@H](CO[Si](C)(C)C(C)(C)C)N(CC(=O)N[C@@H](CCN(C)C)c1cccc(Cl)c1F)C(=O)Cn1nc(C(N)=O)c2cc(NC(=O)OC(C)(C)C)ccc21. The number of nitrogens with one attached hydrogen (secondary N) is 2. The molecule has 0 fully saturated rings. The maximum atomic E-state index is 15.2. The van der Waals surface area contributed by atoms with Crippen LogP contribution in [-0.2, 0) is 25.3 Å². The van der Waals surface area contributed by atoms with Gasteiger partial charge in [-0.3, -0.25) is 24.4 Å². The smallest absolute Gasteiger partial charge is 0.412 e. The summed E-state index contributed by atoms with van der Waals surface area (Å²) in [6.45, 7) is 17.5. The van der Waals surface area contributed by atoms with Gasteiger partial charge in [0, 0.05) is 16.6 Å². The molecule has 1 aromatic heterocycles. The highest BCUT2D eigenvalue weighted by atomic mass is 35.5. The molecule has 0 aliphatic rings. The van der Waals surface area contributed by atoms with Crippen LogP contribution in [0.25, 0.3) is 10.9 Å². The first-order valence-corrected chi connectivity index (χ1v) is 20.8. The fourth-order valence-corrected chi connectivity index (χ4v) is 6.47. The van der Waals surface area contributed by atoms with Gasteiger partial charge in [0.15, 0.2) is 14.0 Å². The van der Waals surface area contributed by atoms with Gasteiger partial charge in [-0.25, -0.2) is 9.18 Å². The highest BCUT2D eigenvalue weighted by molar-refractivity contribution is 6.74. The topological polar surface area (TPSA) is 161 Å². The third-order valence-electron chi connectivity index (χ3n) is 9.13. The summed E-state index contributed by atoms with van der Waals surface area (Å²) < 4.78 is 28.3. The van der Waals surface area contributed by atoms with E-state index < -0.39 is 55.6 Å². The van der Waals surface area contributed by atoms with Gasteiger partial charge in [-0.05, 0) is 97.2 Å². The first-order chi connectivity index (χ1) is 24.4. The van der Waals surface area contributed by atoms with Gasteiger partial charge in [0.2, 0.25) is 11.8 Å². The molecular formula is C37H55ClFN7O6Si. The fourth-order valence-electron chi connectivity index (χ4n) is 5.20. The van der Waals surface area contributed by atoms with E-state index in [2.05, 4.69) is 49.6 Å². The van der Waals surface area contributed by atoms with E-state index in [0.29, 0.717) is 29.6 Å². The number of ether oxygens (including phenoxy) is 1. The standard InChI is InChI=1S/C37H55ClFN7O6Si/c1-23(22-51-53(10,11)37(5,6)7)45(20-30(47)42-28(17-18-44(8)9)25-13-12-14-27(38)32(25)39)31(48)21-46-29-16-15-24(41-35(50)52-36(2,3)4)19-26(29)33(43-46)34(40)49/h12-16,19,23,28H,17-18,20-22H2,1-11H3,(H2,40,49)(H,41,50)(H,42,47)/t23-,28-/m0/s1. The molecule has 292 valence electrons. The Bertz CT molecular complexity index is 1800. The second-order valence-electron chi connectivity index (χ2n) is 16.0. The molecule has 0 spiro atoms. The van der Waals surface area contributed by atoms with Crippen LogP contribution >= 0.6 is 11.6 Å². The molecule has 3 aromatic rings. The second kappa shape index (κ2) is 17.4. The minimum absolute atomic E-state index is 0.0608. The number of carbonyl (C=O) groups excluding carboxylic acids is 4. The van der Waals surface area contributed by atoms with Crippen LogP contribution in [0.4, 0.5) is 14.9 Å². The molecule has 0 aliphatic heterocycles. The van der Waals surface area contributed by atoms with Gasteiger partial charge in [0.25, 0.3) is 5.91 Å². The minimum atomic E-state index is -2.25. The van der Waals surface area contributed by atoms with Crippen molar-refractivity contribution in [1.29, 1.82) is 0 Å². The molecule has 0 saturated carbocycles. The molecule has 16 heteroatoms. The number of nitrogens with two attached hydrogens (primary N) is 1. The van der Waals surface area contributed by atoms with Crippen molar-refractivity contribution in [3.8, 4) is 0 Å². The van der Waals surface area contributed by atoms with Crippen molar-refractivity contribution in [2.75, 3.05) is 39.1 Å². The van der Waals surface area contributed by atoms with Gasteiger partial charge in [-0.1, -0.05) is 44.5 Å². The minimum Gasteiger partial charge on any atom is -0.444 e. The summed E-state index contributed by atoms with van der Waals surface area (Å²) in [4.78, 5) is 56.2. The summed E-state index contributed by atoms with van der Waals surface area (Å²) in [6.07, 6.45) is -0.307. The molecule has 0 radical (unpaired) electrons. The van der Waals surface area contributed by atoms with Gasteiger partial charge in [-0.2, -0.15) is 5.10 Å². The lowest BCUT2D eigenvalue weighted by atomic mass is 10.0. The summed E-state index contributed by atoms with van der Waals surface area (Å²) in [6, 6.07) is 8.07. The molecule has 3 rings (SSSR count). The van der Waals surface area contributed by atoms with Crippen molar-refractivity contribution in [2.24, 2.45) is 5.73 Å². The monoisotopic (exact) mass is 775 g/mol. The van der Waals surface area contributed by atoms with Gasteiger partial charge in [0.05, 0.1) is 35.8 Å². The van der Waals surface area contributed by atoms with Gasteiger partial charge < -0.3 is 30.0 Å². The number of primary amides is 1. The Kier molecular flexibility index (Phi) is 14.2. The summed E-state index contributed by atoms with van der Waals surface area (Å²) in [5.74, 6) is -2.45. The Balaban J connectivity index is 1.96. The fraction of sp³-hybridized carbons (Fsp3) is 0.541. The zero-order valence-corrected chi connectivity index (χ0v) is 34.5. The third kappa shape index (κ3) is 12.0. The van der Waals surface area contributed by atoms with E-state index in [1.807, 2.05) is 19.0 Å².